The molecule has 0 fully saturated rings. The van der Waals surface area contributed by atoms with E-state index in [1.54, 1.807) is 6.07 Å². The molecule has 0 spiro atoms. The smallest absolute Gasteiger partial charge is 0.270 e. The quantitative estimate of drug-likeness (QED) is 0.393. The van der Waals surface area contributed by atoms with Crippen molar-refractivity contribution in [1.29, 1.82) is 0 Å². The van der Waals surface area contributed by atoms with Crippen molar-refractivity contribution < 1.29 is 9.72 Å². The Hall–Kier alpha value is -3.95. The highest BCUT2D eigenvalue weighted by molar-refractivity contribution is 5.99. The van der Waals surface area contributed by atoms with E-state index < -0.39 is 4.92 Å². The Balaban J connectivity index is 1.82. The number of non-ortho nitro benzene ring substituents is 1. The molecule has 0 atom stereocenters. The highest BCUT2D eigenvalue weighted by atomic mass is 16.6. The van der Waals surface area contributed by atoms with Crippen LogP contribution in [0.4, 0.5) is 11.6 Å². The summed E-state index contributed by atoms with van der Waals surface area (Å²) in [6.45, 7) is -0.186. The number of anilines is 1. The molecule has 10 nitrogen and oxygen atoms in total. The predicted molar refractivity (Wildman–Crippen MR) is 96.4 cm³/mol. The number of rotatable bonds is 6. The lowest BCUT2D eigenvalue weighted by Gasteiger charge is -2.11. The first-order chi connectivity index (χ1) is 13.0. The number of Topliss-reactive ketones (excluding diaryl/α,β-unsaturated/α-hetero) is 1. The Labute approximate surface area is 152 Å². The van der Waals surface area contributed by atoms with Crippen LogP contribution in [0.1, 0.15) is 10.4 Å². The molecule has 136 valence electrons. The summed E-state index contributed by atoms with van der Waals surface area (Å²) in [5.41, 5.74) is 0.497. The Morgan fingerprint density at radius 3 is 2.78 bits per heavy atom. The summed E-state index contributed by atoms with van der Waals surface area (Å²) in [6, 6.07) is 8.38. The van der Waals surface area contributed by atoms with Crippen molar-refractivity contribution in [3.8, 4) is 11.4 Å². The van der Waals surface area contributed by atoms with Crippen molar-refractivity contribution in [3.63, 3.8) is 0 Å². The zero-order chi connectivity index (χ0) is 19.4. The number of hydrogen-bond donors (Lipinski definition) is 1. The van der Waals surface area contributed by atoms with Gasteiger partial charge in [-0.15, -0.1) is 0 Å². The SMILES string of the molecule is Cn1c(NCC(=O)c2cccc([N+](=O)[O-])c2)nc(-c2ccncn2)cc1=O. The fourth-order valence-corrected chi connectivity index (χ4v) is 2.33. The van der Waals surface area contributed by atoms with Crippen LogP contribution in [0.3, 0.4) is 0 Å². The Bertz CT molecular complexity index is 1060. The predicted octanol–water partition coefficient (Wildman–Crippen LogP) is 1.44. The molecule has 0 aliphatic carbocycles. The van der Waals surface area contributed by atoms with Crippen LogP contribution in [0.25, 0.3) is 11.4 Å². The number of nitrogens with one attached hydrogen (secondary N) is 1. The lowest BCUT2D eigenvalue weighted by Crippen LogP contribution is -2.24. The summed E-state index contributed by atoms with van der Waals surface area (Å²) >= 11 is 0. The van der Waals surface area contributed by atoms with Gasteiger partial charge in [-0.1, -0.05) is 12.1 Å². The molecule has 0 saturated heterocycles. The van der Waals surface area contributed by atoms with Gasteiger partial charge in [0.25, 0.3) is 11.2 Å². The summed E-state index contributed by atoms with van der Waals surface area (Å²) in [6.07, 6.45) is 2.87. The van der Waals surface area contributed by atoms with Gasteiger partial charge in [0.15, 0.2) is 5.78 Å². The Morgan fingerprint density at radius 2 is 2.07 bits per heavy atom. The van der Waals surface area contributed by atoms with Crippen LogP contribution in [-0.4, -0.2) is 36.8 Å². The van der Waals surface area contributed by atoms with E-state index in [0.29, 0.717) is 11.4 Å². The lowest BCUT2D eigenvalue weighted by atomic mass is 10.1. The van der Waals surface area contributed by atoms with Gasteiger partial charge < -0.3 is 5.32 Å². The molecule has 0 amide bonds. The topological polar surface area (TPSA) is 133 Å². The van der Waals surface area contributed by atoms with Crippen LogP contribution in [0.15, 0.2) is 53.7 Å². The van der Waals surface area contributed by atoms with Crippen LogP contribution >= 0.6 is 0 Å². The number of hydrogen-bond acceptors (Lipinski definition) is 8. The fraction of sp³-hybridized carbons (Fsp3) is 0.118. The number of nitro benzene ring substituents is 1. The van der Waals surface area contributed by atoms with Gasteiger partial charge in [-0.05, 0) is 6.07 Å². The minimum absolute atomic E-state index is 0.169. The van der Waals surface area contributed by atoms with E-state index in [0.717, 1.165) is 0 Å². The third kappa shape index (κ3) is 4.00. The molecule has 1 N–H and O–H groups in total. The number of carbonyl (C=O) groups is 1. The highest BCUT2D eigenvalue weighted by Gasteiger charge is 2.13. The first-order valence-corrected chi connectivity index (χ1v) is 7.81. The van der Waals surface area contributed by atoms with Crippen LogP contribution in [0.5, 0.6) is 0 Å². The van der Waals surface area contributed by atoms with E-state index >= 15 is 0 Å². The molecule has 3 aromatic rings. The summed E-state index contributed by atoms with van der Waals surface area (Å²) in [5.74, 6) is -0.199. The molecule has 10 heteroatoms. The van der Waals surface area contributed by atoms with Crippen molar-refractivity contribution in [2.24, 2.45) is 7.05 Å². The van der Waals surface area contributed by atoms with E-state index in [1.807, 2.05) is 0 Å². The van der Waals surface area contributed by atoms with Gasteiger partial charge in [-0.3, -0.25) is 24.3 Å². The first-order valence-electron chi connectivity index (χ1n) is 7.81. The van der Waals surface area contributed by atoms with Crippen molar-refractivity contribution in [1.82, 2.24) is 19.5 Å². The standard InChI is InChI=1S/C17H14N6O4/c1-22-16(25)8-14(13-5-6-18-10-20-13)21-17(22)19-9-15(24)11-3-2-4-12(7-11)23(26)27/h2-8,10H,9H2,1H3,(H,19,21). The van der Waals surface area contributed by atoms with E-state index in [1.165, 1.54) is 54.5 Å². The van der Waals surface area contributed by atoms with E-state index in [9.17, 15) is 19.7 Å². The average Bonchev–Trinajstić information content (AvgIpc) is 2.69. The fourth-order valence-electron chi connectivity index (χ4n) is 2.33. The molecule has 0 radical (unpaired) electrons. The molecule has 2 aromatic heterocycles. The molecule has 1 aromatic carbocycles. The number of nitrogens with zero attached hydrogens (tertiary/aromatic N) is 5. The minimum Gasteiger partial charge on any atom is -0.348 e. The van der Waals surface area contributed by atoms with Crippen molar-refractivity contribution in [2.45, 2.75) is 0 Å². The van der Waals surface area contributed by atoms with E-state index in [2.05, 4.69) is 20.3 Å². The monoisotopic (exact) mass is 366 g/mol. The third-order valence-electron chi connectivity index (χ3n) is 3.77. The second kappa shape index (κ2) is 7.52. The molecule has 0 unspecified atom stereocenters. The second-order valence-electron chi connectivity index (χ2n) is 5.54. The van der Waals surface area contributed by atoms with Gasteiger partial charge in [0.05, 0.1) is 22.9 Å². The van der Waals surface area contributed by atoms with Gasteiger partial charge >= 0.3 is 0 Å². The van der Waals surface area contributed by atoms with Gasteiger partial charge in [0.1, 0.15) is 6.33 Å². The van der Waals surface area contributed by atoms with E-state index in [4.69, 9.17) is 0 Å². The van der Waals surface area contributed by atoms with Crippen LogP contribution in [0, 0.1) is 10.1 Å². The van der Waals surface area contributed by atoms with Crippen molar-refractivity contribution in [2.75, 3.05) is 11.9 Å². The first kappa shape index (κ1) is 17.9. The van der Waals surface area contributed by atoms with Gasteiger partial charge in [0, 0.05) is 37.0 Å². The highest BCUT2D eigenvalue weighted by Crippen LogP contribution is 2.15. The van der Waals surface area contributed by atoms with Gasteiger partial charge in [-0.2, -0.15) is 0 Å². The average molecular weight is 366 g/mol. The van der Waals surface area contributed by atoms with Crippen LogP contribution in [-0.2, 0) is 7.05 Å². The number of nitro groups is 1. The molecule has 0 saturated carbocycles. The molecule has 0 bridgehead atoms. The van der Waals surface area contributed by atoms with Gasteiger partial charge in [0.2, 0.25) is 5.95 Å². The normalized spacial score (nSPS) is 10.4. The number of benzene rings is 1. The summed E-state index contributed by atoms with van der Waals surface area (Å²) in [4.78, 5) is 46.9. The number of carbonyl (C=O) groups excluding carboxylic acids is 1. The number of ketones is 1. The molecule has 0 aliphatic heterocycles. The summed E-state index contributed by atoms with van der Waals surface area (Å²) in [7, 11) is 1.51. The maximum absolute atomic E-state index is 12.3. The minimum atomic E-state index is -0.569. The zero-order valence-corrected chi connectivity index (χ0v) is 14.2. The largest absolute Gasteiger partial charge is 0.348 e. The maximum Gasteiger partial charge on any atom is 0.270 e. The molecule has 27 heavy (non-hydrogen) atoms. The van der Waals surface area contributed by atoms with Crippen LogP contribution in [0.2, 0.25) is 0 Å². The van der Waals surface area contributed by atoms with E-state index in [-0.39, 0.29) is 35.1 Å². The zero-order valence-electron chi connectivity index (χ0n) is 14.2. The third-order valence-corrected chi connectivity index (χ3v) is 3.77. The lowest BCUT2D eigenvalue weighted by molar-refractivity contribution is -0.384. The van der Waals surface area contributed by atoms with Crippen molar-refractivity contribution >= 4 is 17.4 Å². The summed E-state index contributed by atoms with van der Waals surface area (Å²) < 4.78 is 1.26. The summed E-state index contributed by atoms with van der Waals surface area (Å²) in [5, 5.41) is 13.6. The van der Waals surface area contributed by atoms with Crippen LogP contribution < -0.4 is 10.9 Å². The second-order valence-corrected chi connectivity index (χ2v) is 5.54. The van der Waals surface area contributed by atoms with Gasteiger partial charge in [-0.25, -0.2) is 15.0 Å². The molecule has 3 rings (SSSR count). The molecule has 2 heterocycles. The maximum atomic E-state index is 12.3. The number of aromatic nitrogens is 4. The molecular weight excluding hydrogens is 352 g/mol. The molecular formula is C17H14N6O4. The Kier molecular flexibility index (Phi) is 4.97. The van der Waals surface area contributed by atoms with Crippen molar-refractivity contribution in [3.05, 3.63) is 75.0 Å². The molecule has 0 aliphatic rings. The Morgan fingerprint density at radius 1 is 1.26 bits per heavy atom.